The van der Waals surface area contributed by atoms with Crippen LogP contribution in [0.1, 0.15) is 6.42 Å². The Hall–Kier alpha value is -0.690. The number of carbonyl (C=O) groups is 1. The number of hydrogen-bond donors (Lipinski definition) is 5. The maximum Gasteiger partial charge on any atom is 0.304 e. The molecule has 0 rings (SSSR count). The topological polar surface area (TPSA) is 118 Å². The molecule has 66 valence electrons. The second-order valence-electron chi connectivity index (χ2n) is 2.09. The summed E-state index contributed by atoms with van der Waals surface area (Å²) >= 11 is 0. The van der Waals surface area contributed by atoms with Gasteiger partial charge in [0, 0.05) is 0 Å². The summed E-state index contributed by atoms with van der Waals surface area (Å²) in [4.78, 5) is 9.97. The molecule has 0 unspecified atom stereocenters. The van der Waals surface area contributed by atoms with E-state index in [4.69, 9.17) is 25.5 Å². The SMILES string of the molecule is O=C(O)CC(C(O)O)C(O)O. The summed E-state index contributed by atoms with van der Waals surface area (Å²) in [7, 11) is 0. The van der Waals surface area contributed by atoms with E-state index in [2.05, 4.69) is 0 Å². The normalized spacial score (nSPS) is 11.5. The Morgan fingerprint density at radius 1 is 1.09 bits per heavy atom. The molecule has 0 atom stereocenters. The Kier molecular flexibility index (Phi) is 3.98. The monoisotopic (exact) mass is 166 g/mol. The molecule has 0 spiro atoms. The third-order valence-electron chi connectivity index (χ3n) is 1.18. The van der Waals surface area contributed by atoms with Crippen LogP contribution < -0.4 is 0 Å². The fourth-order valence-electron chi connectivity index (χ4n) is 0.566. The second-order valence-corrected chi connectivity index (χ2v) is 2.09. The van der Waals surface area contributed by atoms with Gasteiger partial charge in [0.1, 0.15) is 0 Å². The highest BCUT2D eigenvalue weighted by atomic mass is 16.5. The molecule has 0 aliphatic carbocycles. The third-order valence-corrected chi connectivity index (χ3v) is 1.18. The molecule has 0 radical (unpaired) electrons. The number of carboxylic acid groups (broad SMARTS) is 1. The number of rotatable bonds is 4. The van der Waals surface area contributed by atoms with Crippen molar-refractivity contribution in [3.05, 3.63) is 0 Å². The first kappa shape index (κ1) is 10.3. The van der Waals surface area contributed by atoms with E-state index in [1.165, 1.54) is 0 Å². The molecule has 6 heteroatoms. The molecule has 6 nitrogen and oxygen atoms in total. The maximum atomic E-state index is 9.97. The Bertz CT molecular complexity index is 123. The van der Waals surface area contributed by atoms with E-state index < -0.39 is 30.9 Å². The van der Waals surface area contributed by atoms with Gasteiger partial charge in [-0.05, 0) is 0 Å². The fraction of sp³-hybridized carbons (Fsp3) is 0.800. The molecule has 0 heterocycles. The number of aliphatic carboxylic acids is 1. The van der Waals surface area contributed by atoms with Gasteiger partial charge in [0.05, 0.1) is 12.3 Å². The first-order valence-corrected chi connectivity index (χ1v) is 2.89. The standard InChI is InChI=1S/C5H10O6/c6-3(7)1-2(4(8)9)5(10)11/h2,4-5,8-11H,1H2,(H,6,7). The van der Waals surface area contributed by atoms with Gasteiger partial charge in [0.15, 0.2) is 12.6 Å². The number of aliphatic hydroxyl groups excluding tert-OH is 2. The van der Waals surface area contributed by atoms with Crippen LogP contribution in [-0.4, -0.2) is 44.1 Å². The lowest BCUT2D eigenvalue weighted by Gasteiger charge is -2.17. The molecule has 0 aromatic heterocycles. The minimum atomic E-state index is -2.04. The molecule has 0 aliphatic rings. The van der Waals surface area contributed by atoms with Crippen LogP contribution in [0, 0.1) is 5.92 Å². The van der Waals surface area contributed by atoms with Gasteiger partial charge in [-0.3, -0.25) is 4.79 Å². The molecule has 5 N–H and O–H groups in total. The van der Waals surface area contributed by atoms with Crippen LogP contribution in [0.2, 0.25) is 0 Å². The van der Waals surface area contributed by atoms with Crippen LogP contribution in [0.5, 0.6) is 0 Å². The summed E-state index contributed by atoms with van der Waals surface area (Å²) in [6, 6.07) is 0. The summed E-state index contributed by atoms with van der Waals surface area (Å²) < 4.78 is 0. The molecule has 0 aromatic rings. The van der Waals surface area contributed by atoms with Crippen molar-refractivity contribution in [1.29, 1.82) is 0 Å². The first-order valence-electron chi connectivity index (χ1n) is 2.89. The number of aliphatic hydroxyl groups is 4. The number of hydrogen-bond acceptors (Lipinski definition) is 5. The minimum absolute atomic E-state index is 0.699. The number of carboxylic acids is 1. The summed E-state index contributed by atoms with van der Waals surface area (Å²) in [5.41, 5.74) is 0. The Balaban J connectivity index is 4.00. The Labute approximate surface area is 62.3 Å². The van der Waals surface area contributed by atoms with Crippen molar-refractivity contribution in [3.63, 3.8) is 0 Å². The molecule has 0 amide bonds. The lowest BCUT2D eigenvalue weighted by Crippen LogP contribution is -2.33. The van der Waals surface area contributed by atoms with Crippen LogP contribution >= 0.6 is 0 Å². The smallest absolute Gasteiger partial charge is 0.304 e. The van der Waals surface area contributed by atoms with Crippen LogP contribution in [0.4, 0.5) is 0 Å². The van der Waals surface area contributed by atoms with E-state index in [1.807, 2.05) is 0 Å². The van der Waals surface area contributed by atoms with Gasteiger partial charge in [0.25, 0.3) is 0 Å². The predicted octanol–water partition coefficient (Wildman–Crippen LogP) is -2.30. The molecule has 0 saturated carbocycles. The van der Waals surface area contributed by atoms with E-state index in [0.717, 1.165) is 0 Å². The summed E-state index contributed by atoms with van der Waals surface area (Å²) in [5.74, 6) is -2.79. The third kappa shape index (κ3) is 3.89. The van der Waals surface area contributed by atoms with Gasteiger partial charge < -0.3 is 25.5 Å². The van der Waals surface area contributed by atoms with Gasteiger partial charge in [0.2, 0.25) is 0 Å². The summed E-state index contributed by atoms with van der Waals surface area (Å²) in [5, 5.41) is 41.8. The molecule has 0 saturated heterocycles. The maximum absolute atomic E-state index is 9.97. The van der Waals surface area contributed by atoms with E-state index in [1.54, 1.807) is 0 Å². The second kappa shape index (κ2) is 4.24. The van der Waals surface area contributed by atoms with Gasteiger partial charge in [-0.15, -0.1) is 0 Å². The minimum Gasteiger partial charge on any atom is -0.481 e. The Morgan fingerprint density at radius 2 is 1.45 bits per heavy atom. The van der Waals surface area contributed by atoms with Crippen molar-refractivity contribution in [2.24, 2.45) is 5.92 Å². The van der Waals surface area contributed by atoms with Crippen molar-refractivity contribution in [2.45, 2.75) is 19.0 Å². The van der Waals surface area contributed by atoms with Crippen molar-refractivity contribution in [2.75, 3.05) is 0 Å². The highest BCUT2D eigenvalue weighted by Crippen LogP contribution is 2.10. The molecule has 0 fully saturated rings. The summed E-state index contributed by atoms with van der Waals surface area (Å²) in [6.45, 7) is 0. The first-order chi connectivity index (χ1) is 4.95. The van der Waals surface area contributed by atoms with Crippen molar-refractivity contribution < 1.29 is 30.3 Å². The van der Waals surface area contributed by atoms with Gasteiger partial charge >= 0.3 is 5.97 Å². The van der Waals surface area contributed by atoms with Crippen LogP contribution in [-0.2, 0) is 4.79 Å². The van der Waals surface area contributed by atoms with E-state index >= 15 is 0 Å². The van der Waals surface area contributed by atoms with Gasteiger partial charge in [-0.2, -0.15) is 0 Å². The quantitative estimate of drug-likeness (QED) is 0.300. The van der Waals surface area contributed by atoms with E-state index in [0.29, 0.717) is 0 Å². The fourth-order valence-corrected chi connectivity index (χ4v) is 0.566. The lowest BCUT2D eigenvalue weighted by atomic mass is 10.1. The molecule has 0 aromatic carbocycles. The molecule has 0 bridgehead atoms. The van der Waals surface area contributed by atoms with E-state index in [9.17, 15) is 4.79 Å². The van der Waals surface area contributed by atoms with Gasteiger partial charge in [-0.1, -0.05) is 0 Å². The average Bonchev–Trinajstić information content (AvgIpc) is 1.81. The zero-order valence-electron chi connectivity index (χ0n) is 5.58. The zero-order valence-corrected chi connectivity index (χ0v) is 5.58. The highest BCUT2D eigenvalue weighted by molar-refractivity contribution is 5.67. The zero-order chi connectivity index (χ0) is 9.02. The van der Waals surface area contributed by atoms with Crippen LogP contribution in [0.15, 0.2) is 0 Å². The summed E-state index contributed by atoms with van der Waals surface area (Å²) in [6.07, 6.45) is -4.77. The van der Waals surface area contributed by atoms with Gasteiger partial charge in [-0.25, -0.2) is 0 Å². The Morgan fingerprint density at radius 3 is 1.55 bits per heavy atom. The largest absolute Gasteiger partial charge is 0.481 e. The van der Waals surface area contributed by atoms with Crippen molar-refractivity contribution in [3.8, 4) is 0 Å². The van der Waals surface area contributed by atoms with Crippen molar-refractivity contribution in [1.82, 2.24) is 0 Å². The molecular weight excluding hydrogens is 156 g/mol. The van der Waals surface area contributed by atoms with Crippen LogP contribution in [0.25, 0.3) is 0 Å². The van der Waals surface area contributed by atoms with Crippen molar-refractivity contribution >= 4 is 5.97 Å². The molecule has 0 aliphatic heterocycles. The van der Waals surface area contributed by atoms with Crippen LogP contribution in [0.3, 0.4) is 0 Å². The molecule has 11 heavy (non-hydrogen) atoms. The average molecular weight is 166 g/mol. The lowest BCUT2D eigenvalue weighted by molar-refractivity contribution is -0.186. The highest BCUT2D eigenvalue weighted by Gasteiger charge is 2.26. The van der Waals surface area contributed by atoms with E-state index in [-0.39, 0.29) is 0 Å². The predicted molar refractivity (Wildman–Crippen MR) is 32.2 cm³/mol. The molecular formula is C5H10O6.